The molecule has 5 heteroatoms. The summed E-state index contributed by atoms with van der Waals surface area (Å²) < 4.78 is 10.6. The molecule has 5 nitrogen and oxygen atoms in total. The number of hydrogen-bond donors (Lipinski definition) is 2. The summed E-state index contributed by atoms with van der Waals surface area (Å²) >= 11 is 0. The summed E-state index contributed by atoms with van der Waals surface area (Å²) in [6, 6.07) is 8.41. The molecule has 1 aromatic carbocycles. The predicted molar refractivity (Wildman–Crippen MR) is 86.4 cm³/mol. The third-order valence-corrected chi connectivity index (χ3v) is 2.89. The molecule has 21 heavy (non-hydrogen) atoms. The van der Waals surface area contributed by atoms with E-state index in [0.717, 1.165) is 19.0 Å². The molecule has 1 aromatic rings. The number of nitrogens with zero attached hydrogens (tertiary/aromatic N) is 1. The van der Waals surface area contributed by atoms with Gasteiger partial charge in [-0.2, -0.15) is 0 Å². The molecular formula is C16H27N3O2. The molecule has 0 bridgehead atoms. The number of hydrogen-bond acceptors (Lipinski definition) is 3. The first kappa shape index (κ1) is 17.5. The van der Waals surface area contributed by atoms with Crippen molar-refractivity contribution in [3.63, 3.8) is 0 Å². The molecule has 0 fully saturated rings. The van der Waals surface area contributed by atoms with Gasteiger partial charge in [-0.3, -0.25) is 4.99 Å². The molecule has 0 aliphatic heterocycles. The van der Waals surface area contributed by atoms with Crippen molar-refractivity contribution in [1.82, 2.24) is 10.6 Å². The zero-order valence-electron chi connectivity index (χ0n) is 13.5. The van der Waals surface area contributed by atoms with Crippen molar-refractivity contribution in [2.75, 3.05) is 27.3 Å². The van der Waals surface area contributed by atoms with E-state index in [9.17, 15) is 0 Å². The first-order valence-corrected chi connectivity index (χ1v) is 7.28. The molecule has 0 aliphatic carbocycles. The largest absolute Gasteiger partial charge is 0.383 e. The van der Waals surface area contributed by atoms with Crippen LogP contribution in [0, 0.1) is 0 Å². The van der Waals surface area contributed by atoms with Crippen molar-refractivity contribution in [3.8, 4) is 0 Å². The van der Waals surface area contributed by atoms with E-state index in [0.29, 0.717) is 13.2 Å². The number of aliphatic imine (C=N–C) groups is 1. The standard InChI is InChI=1S/C16H27N3O2/c1-13(2)21-12-15-7-5-14(6-8-15)11-19-16(17-3)18-9-10-20-4/h5-8,13H,9-12H2,1-4H3,(H2,17,18,19). The highest BCUT2D eigenvalue weighted by Crippen LogP contribution is 2.07. The SMILES string of the molecule is CN=C(NCCOC)NCc1ccc(COC(C)C)cc1. The average molecular weight is 293 g/mol. The van der Waals surface area contributed by atoms with E-state index in [4.69, 9.17) is 9.47 Å². The van der Waals surface area contributed by atoms with Crippen LogP contribution < -0.4 is 10.6 Å². The molecule has 0 aliphatic rings. The number of guanidine groups is 1. The number of rotatable bonds is 8. The molecule has 118 valence electrons. The van der Waals surface area contributed by atoms with Crippen LogP contribution in [0.4, 0.5) is 0 Å². The van der Waals surface area contributed by atoms with Crippen molar-refractivity contribution < 1.29 is 9.47 Å². The molecule has 0 spiro atoms. The van der Waals surface area contributed by atoms with Crippen LogP contribution >= 0.6 is 0 Å². The maximum Gasteiger partial charge on any atom is 0.191 e. The predicted octanol–water partition coefficient (Wildman–Crippen LogP) is 1.92. The number of benzene rings is 1. The summed E-state index contributed by atoms with van der Waals surface area (Å²) in [5.41, 5.74) is 2.40. The van der Waals surface area contributed by atoms with Gasteiger partial charge in [0.1, 0.15) is 0 Å². The van der Waals surface area contributed by atoms with Gasteiger partial charge in [-0.05, 0) is 25.0 Å². The van der Waals surface area contributed by atoms with Crippen LogP contribution in [0.25, 0.3) is 0 Å². The minimum absolute atomic E-state index is 0.257. The third-order valence-electron chi connectivity index (χ3n) is 2.89. The molecule has 2 N–H and O–H groups in total. The minimum atomic E-state index is 0.257. The van der Waals surface area contributed by atoms with Gasteiger partial charge in [0, 0.05) is 27.2 Å². The molecular weight excluding hydrogens is 266 g/mol. The molecule has 0 atom stereocenters. The second-order valence-corrected chi connectivity index (χ2v) is 5.02. The smallest absolute Gasteiger partial charge is 0.191 e. The van der Waals surface area contributed by atoms with Crippen LogP contribution in [0.2, 0.25) is 0 Å². The van der Waals surface area contributed by atoms with Crippen LogP contribution in [0.15, 0.2) is 29.3 Å². The van der Waals surface area contributed by atoms with Gasteiger partial charge in [-0.1, -0.05) is 24.3 Å². The molecule has 0 amide bonds. The zero-order chi connectivity index (χ0) is 15.5. The fraction of sp³-hybridized carbons (Fsp3) is 0.562. The van der Waals surface area contributed by atoms with Gasteiger partial charge in [-0.15, -0.1) is 0 Å². The Balaban J connectivity index is 2.37. The molecule has 0 saturated heterocycles. The first-order valence-electron chi connectivity index (χ1n) is 7.28. The van der Waals surface area contributed by atoms with E-state index < -0.39 is 0 Å². The highest BCUT2D eigenvalue weighted by molar-refractivity contribution is 5.79. The lowest BCUT2D eigenvalue weighted by Gasteiger charge is -2.12. The van der Waals surface area contributed by atoms with Crippen molar-refractivity contribution in [3.05, 3.63) is 35.4 Å². The fourth-order valence-electron chi connectivity index (χ4n) is 1.69. The maximum atomic E-state index is 5.58. The zero-order valence-corrected chi connectivity index (χ0v) is 13.5. The minimum Gasteiger partial charge on any atom is -0.383 e. The summed E-state index contributed by atoms with van der Waals surface area (Å²) in [7, 11) is 3.44. The maximum absolute atomic E-state index is 5.58. The van der Waals surface area contributed by atoms with E-state index in [1.807, 2.05) is 13.8 Å². The Hall–Kier alpha value is -1.59. The summed E-state index contributed by atoms with van der Waals surface area (Å²) in [6.07, 6.45) is 0.257. The lowest BCUT2D eigenvalue weighted by molar-refractivity contribution is 0.0657. The van der Waals surface area contributed by atoms with E-state index in [1.165, 1.54) is 11.1 Å². The van der Waals surface area contributed by atoms with Crippen LogP contribution in [0.1, 0.15) is 25.0 Å². The van der Waals surface area contributed by atoms with Crippen LogP contribution in [-0.4, -0.2) is 39.4 Å². The Kier molecular flexibility index (Phi) is 8.47. The quantitative estimate of drug-likeness (QED) is 0.437. The van der Waals surface area contributed by atoms with Gasteiger partial charge < -0.3 is 20.1 Å². The summed E-state index contributed by atoms with van der Waals surface area (Å²) in [6.45, 7) is 6.87. The van der Waals surface area contributed by atoms with Gasteiger partial charge in [-0.25, -0.2) is 0 Å². The first-order chi connectivity index (χ1) is 10.2. The van der Waals surface area contributed by atoms with Crippen LogP contribution in [0.5, 0.6) is 0 Å². The molecule has 0 radical (unpaired) electrons. The number of ether oxygens (including phenoxy) is 2. The van der Waals surface area contributed by atoms with Crippen LogP contribution in [-0.2, 0) is 22.6 Å². The van der Waals surface area contributed by atoms with Gasteiger partial charge in [0.05, 0.1) is 19.3 Å². The van der Waals surface area contributed by atoms with Gasteiger partial charge in [0.2, 0.25) is 0 Å². The second kappa shape index (κ2) is 10.2. The Morgan fingerprint density at radius 3 is 2.38 bits per heavy atom. The monoisotopic (exact) mass is 293 g/mol. The Bertz CT molecular complexity index is 416. The van der Waals surface area contributed by atoms with Gasteiger partial charge >= 0.3 is 0 Å². The second-order valence-electron chi connectivity index (χ2n) is 5.02. The number of methoxy groups -OCH3 is 1. The van der Waals surface area contributed by atoms with E-state index in [2.05, 4.69) is 39.9 Å². The molecule has 0 saturated carbocycles. The normalized spacial score (nSPS) is 11.8. The van der Waals surface area contributed by atoms with Gasteiger partial charge in [0.15, 0.2) is 5.96 Å². The van der Waals surface area contributed by atoms with Crippen molar-refractivity contribution in [2.45, 2.75) is 33.1 Å². The van der Waals surface area contributed by atoms with E-state index in [-0.39, 0.29) is 6.10 Å². The highest BCUT2D eigenvalue weighted by Gasteiger charge is 2.00. The summed E-state index contributed by atoms with van der Waals surface area (Å²) in [5.74, 6) is 0.777. The Morgan fingerprint density at radius 1 is 1.14 bits per heavy atom. The fourth-order valence-corrected chi connectivity index (χ4v) is 1.69. The van der Waals surface area contributed by atoms with Crippen LogP contribution in [0.3, 0.4) is 0 Å². The topological polar surface area (TPSA) is 54.9 Å². The molecule has 0 heterocycles. The van der Waals surface area contributed by atoms with E-state index >= 15 is 0 Å². The van der Waals surface area contributed by atoms with Crippen molar-refractivity contribution >= 4 is 5.96 Å². The lowest BCUT2D eigenvalue weighted by atomic mass is 10.1. The number of nitrogens with one attached hydrogen (secondary N) is 2. The summed E-state index contributed by atoms with van der Waals surface area (Å²) in [5, 5.41) is 6.44. The molecule has 0 unspecified atom stereocenters. The summed E-state index contributed by atoms with van der Waals surface area (Å²) in [4.78, 5) is 4.16. The van der Waals surface area contributed by atoms with Crippen molar-refractivity contribution in [2.24, 2.45) is 4.99 Å². The third kappa shape index (κ3) is 7.68. The highest BCUT2D eigenvalue weighted by atomic mass is 16.5. The lowest BCUT2D eigenvalue weighted by Crippen LogP contribution is -2.38. The Labute approximate surface area is 127 Å². The van der Waals surface area contributed by atoms with Crippen molar-refractivity contribution in [1.29, 1.82) is 0 Å². The molecule has 1 rings (SSSR count). The molecule has 0 aromatic heterocycles. The van der Waals surface area contributed by atoms with Gasteiger partial charge in [0.25, 0.3) is 0 Å². The average Bonchev–Trinajstić information content (AvgIpc) is 2.49. The van der Waals surface area contributed by atoms with E-state index in [1.54, 1.807) is 14.2 Å². The Morgan fingerprint density at radius 2 is 1.81 bits per heavy atom.